The Morgan fingerprint density at radius 1 is 1.13 bits per heavy atom. The predicted molar refractivity (Wildman–Crippen MR) is 115 cm³/mol. The van der Waals surface area contributed by atoms with Crippen molar-refractivity contribution in [2.24, 2.45) is 11.7 Å². The molecule has 1 aromatic rings. The van der Waals surface area contributed by atoms with Crippen LogP contribution in [0.1, 0.15) is 38.7 Å². The van der Waals surface area contributed by atoms with Gasteiger partial charge in [0.05, 0.1) is 6.54 Å². The maximum atomic E-state index is 13.3. The largest absolute Gasteiger partial charge is 0.480 e. The third-order valence-corrected chi connectivity index (χ3v) is 5.26. The molecule has 0 aliphatic carbocycles. The van der Waals surface area contributed by atoms with Gasteiger partial charge in [-0.15, -0.1) is 0 Å². The molecule has 3 amide bonds. The molecule has 0 radical (unpaired) electrons. The van der Waals surface area contributed by atoms with Crippen molar-refractivity contribution >= 4 is 23.7 Å². The monoisotopic (exact) mass is 432 g/mol. The Labute approximate surface area is 182 Å². The van der Waals surface area contributed by atoms with Gasteiger partial charge in [-0.1, -0.05) is 44.2 Å². The van der Waals surface area contributed by atoms with Crippen LogP contribution in [-0.4, -0.2) is 64.9 Å². The van der Waals surface area contributed by atoms with Gasteiger partial charge in [-0.2, -0.15) is 0 Å². The van der Waals surface area contributed by atoms with Crippen LogP contribution >= 0.6 is 0 Å². The average Bonchev–Trinajstić information content (AvgIpc) is 3.22. The van der Waals surface area contributed by atoms with E-state index in [9.17, 15) is 24.3 Å². The number of carboxylic acid groups (broad SMARTS) is 1. The zero-order valence-corrected chi connectivity index (χ0v) is 18.0. The normalized spacial score (nSPS) is 17.8. The van der Waals surface area contributed by atoms with E-state index < -0.39 is 41.8 Å². The summed E-state index contributed by atoms with van der Waals surface area (Å²) in [5, 5.41) is 14.8. The van der Waals surface area contributed by atoms with E-state index in [2.05, 4.69) is 10.6 Å². The summed E-state index contributed by atoms with van der Waals surface area (Å²) in [6.07, 6.45) is 1.58. The average molecular weight is 433 g/mol. The molecule has 0 spiro atoms. The third kappa shape index (κ3) is 7.06. The lowest BCUT2D eigenvalue weighted by atomic mass is 10.0. The van der Waals surface area contributed by atoms with Crippen LogP contribution in [0, 0.1) is 5.92 Å². The fraction of sp³-hybridized carbons (Fsp3) is 0.545. The van der Waals surface area contributed by atoms with E-state index >= 15 is 0 Å². The lowest BCUT2D eigenvalue weighted by Crippen LogP contribution is -2.57. The minimum atomic E-state index is -1.05. The Morgan fingerprint density at radius 2 is 1.81 bits per heavy atom. The highest BCUT2D eigenvalue weighted by atomic mass is 16.4. The number of amides is 3. The molecule has 1 heterocycles. The molecule has 3 unspecified atom stereocenters. The van der Waals surface area contributed by atoms with Crippen LogP contribution in [0.25, 0.3) is 0 Å². The summed E-state index contributed by atoms with van der Waals surface area (Å²) in [4.78, 5) is 51.0. The molecule has 1 aromatic carbocycles. The van der Waals surface area contributed by atoms with Crippen LogP contribution in [0.5, 0.6) is 0 Å². The molecule has 0 bridgehead atoms. The molecule has 9 nitrogen and oxygen atoms in total. The molecule has 3 atom stereocenters. The summed E-state index contributed by atoms with van der Waals surface area (Å²) in [6.45, 7) is 3.92. The number of benzene rings is 1. The minimum Gasteiger partial charge on any atom is -0.480 e. The van der Waals surface area contributed by atoms with E-state index in [0.29, 0.717) is 25.8 Å². The number of aliphatic carboxylic acids is 1. The first-order chi connectivity index (χ1) is 14.7. The zero-order valence-electron chi connectivity index (χ0n) is 18.0. The zero-order chi connectivity index (χ0) is 23.0. The van der Waals surface area contributed by atoms with Gasteiger partial charge in [-0.25, -0.2) is 4.79 Å². The van der Waals surface area contributed by atoms with Crippen LogP contribution in [0.15, 0.2) is 30.3 Å². The molecular weight excluding hydrogens is 400 g/mol. The summed E-state index contributed by atoms with van der Waals surface area (Å²) < 4.78 is 0. The number of nitrogens with two attached hydrogens (primary N) is 1. The van der Waals surface area contributed by atoms with Crippen LogP contribution in [0.3, 0.4) is 0 Å². The Hall–Kier alpha value is -2.94. The highest BCUT2D eigenvalue weighted by molar-refractivity contribution is 5.94. The number of hydrogen-bond donors (Lipinski definition) is 4. The maximum absolute atomic E-state index is 13.3. The maximum Gasteiger partial charge on any atom is 0.326 e. The first-order valence-electron chi connectivity index (χ1n) is 10.6. The second-order valence-electron chi connectivity index (χ2n) is 8.23. The standard InChI is InChI=1S/C22H32N4O5/c1-14(2)11-16(24-19(27)13-23)20(28)25-17(12-15-7-4-3-5-8-15)21(29)26-10-6-9-18(26)22(30)31/h3-5,7-8,14,16-18H,6,9-13,23H2,1-2H3,(H,24,27)(H,25,28)(H,30,31). The molecule has 0 saturated carbocycles. The van der Waals surface area contributed by atoms with Crippen LogP contribution in [0.4, 0.5) is 0 Å². The molecule has 1 aliphatic rings. The Balaban J connectivity index is 2.24. The van der Waals surface area contributed by atoms with E-state index in [1.165, 1.54) is 4.90 Å². The summed E-state index contributed by atoms with van der Waals surface area (Å²) in [5.41, 5.74) is 6.20. The third-order valence-electron chi connectivity index (χ3n) is 5.26. The summed E-state index contributed by atoms with van der Waals surface area (Å²) >= 11 is 0. The van der Waals surface area contributed by atoms with Gasteiger partial charge in [-0.3, -0.25) is 14.4 Å². The summed E-state index contributed by atoms with van der Waals surface area (Å²) in [6, 6.07) is 6.51. The smallest absolute Gasteiger partial charge is 0.326 e. The molecular formula is C22H32N4O5. The van der Waals surface area contributed by atoms with Gasteiger partial charge < -0.3 is 26.4 Å². The van der Waals surface area contributed by atoms with Crippen molar-refractivity contribution < 1.29 is 24.3 Å². The van der Waals surface area contributed by atoms with Crippen molar-refractivity contribution in [3.63, 3.8) is 0 Å². The lowest BCUT2D eigenvalue weighted by Gasteiger charge is -2.29. The topological polar surface area (TPSA) is 142 Å². The molecule has 31 heavy (non-hydrogen) atoms. The quantitative estimate of drug-likeness (QED) is 0.418. The molecule has 9 heteroatoms. The van der Waals surface area contributed by atoms with Gasteiger partial charge in [0, 0.05) is 13.0 Å². The summed E-state index contributed by atoms with van der Waals surface area (Å²) in [7, 11) is 0. The predicted octanol–water partition coefficient (Wildman–Crippen LogP) is 0.279. The van der Waals surface area contributed by atoms with Gasteiger partial charge in [0.25, 0.3) is 0 Å². The molecule has 1 fully saturated rings. The Kier molecular flexibility index (Phi) is 8.99. The number of carboxylic acids is 1. The highest BCUT2D eigenvalue weighted by Crippen LogP contribution is 2.20. The van der Waals surface area contributed by atoms with Crippen LogP contribution in [0.2, 0.25) is 0 Å². The molecule has 2 rings (SSSR count). The highest BCUT2D eigenvalue weighted by Gasteiger charge is 2.38. The number of rotatable bonds is 10. The minimum absolute atomic E-state index is 0.118. The number of carbonyl (C=O) groups excluding carboxylic acids is 3. The Morgan fingerprint density at radius 3 is 2.39 bits per heavy atom. The van der Waals surface area contributed by atoms with Crippen molar-refractivity contribution in [3.8, 4) is 0 Å². The van der Waals surface area contributed by atoms with Crippen molar-refractivity contribution in [2.45, 2.75) is 57.7 Å². The van der Waals surface area contributed by atoms with Crippen molar-refractivity contribution in [1.82, 2.24) is 15.5 Å². The van der Waals surface area contributed by atoms with E-state index in [1.807, 2.05) is 44.2 Å². The number of likely N-dealkylation sites (tertiary alicyclic amines) is 1. The van der Waals surface area contributed by atoms with Gasteiger partial charge >= 0.3 is 5.97 Å². The lowest BCUT2D eigenvalue weighted by molar-refractivity contribution is -0.149. The Bertz CT molecular complexity index is 783. The van der Waals surface area contributed by atoms with Gasteiger partial charge in [-0.05, 0) is 30.7 Å². The van der Waals surface area contributed by atoms with E-state index in [-0.39, 0.29) is 18.9 Å². The molecule has 170 valence electrons. The van der Waals surface area contributed by atoms with Gasteiger partial charge in [0.1, 0.15) is 18.1 Å². The SMILES string of the molecule is CC(C)CC(NC(=O)CN)C(=O)NC(Cc1ccccc1)C(=O)N1CCCC1C(=O)O. The van der Waals surface area contributed by atoms with Crippen molar-refractivity contribution in [1.29, 1.82) is 0 Å². The summed E-state index contributed by atoms with van der Waals surface area (Å²) in [5.74, 6) is -2.32. The number of hydrogen-bond acceptors (Lipinski definition) is 5. The molecule has 1 saturated heterocycles. The second kappa shape index (κ2) is 11.5. The molecule has 1 aliphatic heterocycles. The second-order valence-corrected chi connectivity index (χ2v) is 8.23. The van der Waals surface area contributed by atoms with Gasteiger partial charge in [0.2, 0.25) is 17.7 Å². The first kappa shape index (κ1) is 24.3. The van der Waals surface area contributed by atoms with E-state index in [0.717, 1.165) is 5.56 Å². The van der Waals surface area contributed by atoms with Crippen molar-refractivity contribution in [3.05, 3.63) is 35.9 Å². The van der Waals surface area contributed by atoms with Crippen LogP contribution in [-0.2, 0) is 25.6 Å². The number of nitrogens with zero attached hydrogens (tertiary/aromatic N) is 1. The van der Waals surface area contributed by atoms with Crippen LogP contribution < -0.4 is 16.4 Å². The molecule has 5 N–H and O–H groups in total. The van der Waals surface area contributed by atoms with E-state index in [1.54, 1.807) is 0 Å². The fourth-order valence-corrected chi connectivity index (χ4v) is 3.77. The first-order valence-corrected chi connectivity index (χ1v) is 10.6. The van der Waals surface area contributed by atoms with E-state index in [4.69, 9.17) is 5.73 Å². The van der Waals surface area contributed by atoms with Crippen molar-refractivity contribution in [2.75, 3.05) is 13.1 Å². The van der Waals surface area contributed by atoms with Gasteiger partial charge in [0.15, 0.2) is 0 Å². The fourth-order valence-electron chi connectivity index (χ4n) is 3.77. The number of carbonyl (C=O) groups is 4. The molecule has 0 aromatic heterocycles. The number of nitrogens with one attached hydrogen (secondary N) is 2.